The van der Waals surface area contributed by atoms with Crippen LogP contribution in [0.2, 0.25) is 15.1 Å². The number of halogens is 3. The molecule has 1 saturated heterocycles. The maximum absolute atomic E-state index is 12.6. The third-order valence-corrected chi connectivity index (χ3v) is 6.89. The first-order chi connectivity index (χ1) is 16.8. The van der Waals surface area contributed by atoms with Crippen molar-refractivity contribution >= 4 is 69.4 Å². The SMILES string of the molecule is CCOc1cc(/C=C2/SC(=Nc3cccc(Cl)c3C)NC2=O)cc(Cl)c1OCc1ccc(Cl)cc1. The summed E-state index contributed by atoms with van der Waals surface area (Å²) >= 11 is 19.9. The van der Waals surface area contributed by atoms with Crippen LogP contribution in [-0.4, -0.2) is 17.7 Å². The van der Waals surface area contributed by atoms with Gasteiger partial charge in [-0.25, -0.2) is 4.99 Å². The molecule has 5 nitrogen and oxygen atoms in total. The summed E-state index contributed by atoms with van der Waals surface area (Å²) in [6.45, 7) is 4.49. The fourth-order valence-electron chi connectivity index (χ4n) is 3.27. The van der Waals surface area contributed by atoms with E-state index in [1.54, 1.807) is 36.4 Å². The highest BCUT2D eigenvalue weighted by molar-refractivity contribution is 8.18. The van der Waals surface area contributed by atoms with Gasteiger partial charge in [-0.1, -0.05) is 53.0 Å². The fourth-order valence-corrected chi connectivity index (χ4v) is 4.67. The second-order valence-corrected chi connectivity index (χ2v) is 9.83. The molecule has 0 spiro atoms. The Kier molecular flexibility index (Phi) is 8.29. The van der Waals surface area contributed by atoms with Gasteiger partial charge in [-0.3, -0.25) is 4.79 Å². The molecule has 0 atom stereocenters. The van der Waals surface area contributed by atoms with Crippen LogP contribution in [0.1, 0.15) is 23.6 Å². The number of nitrogens with one attached hydrogen (secondary N) is 1. The quantitative estimate of drug-likeness (QED) is 0.306. The molecule has 3 aromatic rings. The van der Waals surface area contributed by atoms with Crippen molar-refractivity contribution in [3.8, 4) is 11.5 Å². The van der Waals surface area contributed by atoms with Gasteiger partial charge in [0.15, 0.2) is 16.7 Å². The fraction of sp³-hybridized carbons (Fsp3) is 0.154. The molecule has 0 aliphatic carbocycles. The van der Waals surface area contributed by atoms with Crippen molar-refractivity contribution < 1.29 is 14.3 Å². The monoisotopic (exact) mass is 546 g/mol. The van der Waals surface area contributed by atoms with E-state index >= 15 is 0 Å². The van der Waals surface area contributed by atoms with Crippen LogP contribution in [0.5, 0.6) is 11.5 Å². The zero-order chi connectivity index (χ0) is 24.9. The minimum atomic E-state index is -0.245. The number of amides is 1. The summed E-state index contributed by atoms with van der Waals surface area (Å²) in [5, 5.41) is 4.92. The van der Waals surface area contributed by atoms with Crippen LogP contribution in [0.25, 0.3) is 6.08 Å². The van der Waals surface area contributed by atoms with Gasteiger partial charge in [-0.15, -0.1) is 0 Å². The van der Waals surface area contributed by atoms with Gasteiger partial charge in [0.1, 0.15) is 6.61 Å². The topological polar surface area (TPSA) is 59.9 Å². The molecule has 3 aromatic carbocycles. The molecule has 9 heteroatoms. The van der Waals surface area contributed by atoms with Crippen LogP contribution in [-0.2, 0) is 11.4 Å². The average Bonchev–Trinajstić information content (AvgIpc) is 3.16. The molecule has 0 radical (unpaired) electrons. The van der Waals surface area contributed by atoms with Crippen molar-refractivity contribution in [2.75, 3.05) is 6.61 Å². The van der Waals surface area contributed by atoms with Crippen molar-refractivity contribution in [1.29, 1.82) is 0 Å². The summed E-state index contributed by atoms with van der Waals surface area (Å²) in [5.74, 6) is 0.686. The smallest absolute Gasteiger partial charge is 0.264 e. The molecule has 1 amide bonds. The number of carbonyl (C=O) groups is 1. The Bertz CT molecular complexity index is 1320. The lowest BCUT2D eigenvalue weighted by atomic mass is 10.1. The number of nitrogens with zero attached hydrogens (tertiary/aromatic N) is 1. The molecule has 0 saturated carbocycles. The molecule has 0 unspecified atom stereocenters. The minimum absolute atomic E-state index is 0.245. The number of ether oxygens (including phenoxy) is 2. The standard InChI is InChI=1S/C26H21Cl3N2O3S/c1-3-33-22-12-17(11-20(29)24(22)34-14-16-7-9-18(27)10-8-16)13-23-25(32)31-26(35-23)30-21-6-4-5-19(28)15(21)2/h4-13H,3,14H2,1-2H3,(H,30,31,32)/b23-13+. The Morgan fingerprint density at radius 1 is 1.03 bits per heavy atom. The van der Waals surface area contributed by atoms with E-state index in [9.17, 15) is 4.79 Å². The Morgan fingerprint density at radius 3 is 2.54 bits per heavy atom. The molecule has 4 rings (SSSR count). The molecule has 1 heterocycles. The Hall–Kier alpha value is -2.64. The summed E-state index contributed by atoms with van der Waals surface area (Å²) in [5.41, 5.74) is 3.19. The van der Waals surface area contributed by atoms with E-state index in [4.69, 9.17) is 44.3 Å². The van der Waals surface area contributed by atoms with Crippen molar-refractivity contribution in [2.24, 2.45) is 4.99 Å². The van der Waals surface area contributed by atoms with E-state index in [0.717, 1.165) is 11.1 Å². The van der Waals surface area contributed by atoms with E-state index < -0.39 is 0 Å². The van der Waals surface area contributed by atoms with E-state index in [1.165, 1.54) is 11.8 Å². The number of hydrogen-bond donors (Lipinski definition) is 1. The molecule has 1 fully saturated rings. The lowest BCUT2D eigenvalue weighted by Crippen LogP contribution is -2.19. The number of hydrogen-bond acceptors (Lipinski definition) is 5. The van der Waals surface area contributed by atoms with Crippen molar-refractivity contribution in [3.63, 3.8) is 0 Å². The second-order valence-electron chi connectivity index (χ2n) is 7.54. The van der Waals surface area contributed by atoms with E-state index in [0.29, 0.717) is 61.1 Å². The first kappa shape index (κ1) is 25.5. The molecule has 1 aliphatic rings. The normalized spacial score (nSPS) is 15.5. The first-order valence-electron chi connectivity index (χ1n) is 10.7. The van der Waals surface area contributed by atoms with Gasteiger partial charge in [-0.05, 0) is 84.8 Å². The Balaban J connectivity index is 1.56. The predicted molar refractivity (Wildman–Crippen MR) is 145 cm³/mol. The highest BCUT2D eigenvalue weighted by atomic mass is 35.5. The average molecular weight is 548 g/mol. The molecule has 1 N–H and O–H groups in total. The summed E-state index contributed by atoms with van der Waals surface area (Å²) in [6, 6.07) is 16.4. The van der Waals surface area contributed by atoms with Crippen molar-refractivity contribution in [2.45, 2.75) is 20.5 Å². The first-order valence-corrected chi connectivity index (χ1v) is 12.7. The number of aliphatic imine (C=N–C) groups is 1. The predicted octanol–water partition coefficient (Wildman–Crippen LogP) is 7.82. The maximum atomic E-state index is 12.6. The van der Waals surface area contributed by atoms with Crippen LogP contribution in [0, 0.1) is 6.92 Å². The highest BCUT2D eigenvalue weighted by Gasteiger charge is 2.24. The van der Waals surface area contributed by atoms with Gasteiger partial charge in [0.25, 0.3) is 5.91 Å². The van der Waals surface area contributed by atoms with Crippen LogP contribution in [0.3, 0.4) is 0 Å². The van der Waals surface area contributed by atoms with Crippen LogP contribution >= 0.6 is 46.6 Å². The van der Waals surface area contributed by atoms with Gasteiger partial charge in [0.2, 0.25) is 0 Å². The number of amidine groups is 1. The molecular weight excluding hydrogens is 527 g/mol. The maximum Gasteiger partial charge on any atom is 0.264 e. The molecule has 0 bridgehead atoms. The van der Waals surface area contributed by atoms with E-state index in [2.05, 4.69) is 10.3 Å². The van der Waals surface area contributed by atoms with Gasteiger partial charge in [0.05, 0.1) is 22.2 Å². The zero-order valence-electron chi connectivity index (χ0n) is 18.9. The van der Waals surface area contributed by atoms with Crippen molar-refractivity contribution in [1.82, 2.24) is 5.32 Å². The van der Waals surface area contributed by atoms with Gasteiger partial charge in [0, 0.05) is 10.0 Å². The van der Waals surface area contributed by atoms with Crippen molar-refractivity contribution in [3.05, 3.63) is 91.3 Å². The largest absolute Gasteiger partial charge is 0.490 e. The van der Waals surface area contributed by atoms with Crippen LogP contribution in [0.15, 0.2) is 64.5 Å². The minimum Gasteiger partial charge on any atom is -0.490 e. The highest BCUT2D eigenvalue weighted by Crippen LogP contribution is 2.39. The number of rotatable bonds is 7. The summed E-state index contributed by atoms with van der Waals surface area (Å²) in [7, 11) is 0. The summed E-state index contributed by atoms with van der Waals surface area (Å²) in [6.07, 6.45) is 1.74. The lowest BCUT2D eigenvalue weighted by Gasteiger charge is -2.15. The van der Waals surface area contributed by atoms with Crippen LogP contribution < -0.4 is 14.8 Å². The number of carbonyl (C=O) groups excluding carboxylic acids is 1. The molecule has 0 aromatic heterocycles. The number of benzene rings is 3. The molecular formula is C26H21Cl3N2O3S. The van der Waals surface area contributed by atoms with Gasteiger partial charge >= 0.3 is 0 Å². The third kappa shape index (κ3) is 6.33. The molecule has 180 valence electrons. The Morgan fingerprint density at radius 2 is 1.80 bits per heavy atom. The van der Waals surface area contributed by atoms with E-state index in [1.807, 2.05) is 38.1 Å². The van der Waals surface area contributed by atoms with Gasteiger partial charge < -0.3 is 14.8 Å². The summed E-state index contributed by atoms with van der Waals surface area (Å²) in [4.78, 5) is 17.6. The number of thioether (sulfide) groups is 1. The van der Waals surface area contributed by atoms with E-state index in [-0.39, 0.29) is 5.91 Å². The lowest BCUT2D eigenvalue weighted by molar-refractivity contribution is -0.115. The second kappa shape index (κ2) is 11.4. The molecule has 1 aliphatic heterocycles. The van der Waals surface area contributed by atoms with Crippen LogP contribution in [0.4, 0.5) is 5.69 Å². The third-order valence-electron chi connectivity index (χ3n) is 5.04. The zero-order valence-corrected chi connectivity index (χ0v) is 22.0. The Labute approximate surface area is 223 Å². The van der Waals surface area contributed by atoms with Gasteiger partial charge in [-0.2, -0.15) is 0 Å². The summed E-state index contributed by atoms with van der Waals surface area (Å²) < 4.78 is 11.7. The molecule has 35 heavy (non-hydrogen) atoms.